The van der Waals surface area contributed by atoms with Crippen LogP contribution >= 0.6 is 0 Å². The van der Waals surface area contributed by atoms with Crippen LogP contribution in [-0.2, 0) is 0 Å². The Morgan fingerprint density at radius 1 is 1.00 bits per heavy atom. The third-order valence-corrected chi connectivity index (χ3v) is 2.59. The van der Waals surface area contributed by atoms with E-state index in [2.05, 4.69) is 13.8 Å². The molecule has 1 N–H and O–H groups in total. The third-order valence-electron chi connectivity index (χ3n) is 2.59. The Hall–Kier alpha value is -0.0400. The molecule has 2 unspecified atom stereocenters. The molecule has 0 radical (unpaired) electrons. The Kier molecular flexibility index (Phi) is 7.58. The predicted octanol–water partition coefficient (Wildman–Crippen LogP) is 3.36. The molecule has 0 aliphatic heterocycles. The highest BCUT2D eigenvalue weighted by Crippen LogP contribution is 2.13. The van der Waals surface area contributed by atoms with Crippen molar-refractivity contribution in [3.05, 3.63) is 0 Å². The van der Waals surface area contributed by atoms with E-state index in [9.17, 15) is 5.11 Å². The first-order valence-electron chi connectivity index (χ1n) is 5.36. The molecule has 0 heterocycles. The zero-order valence-corrected chi connectivity index (χ0v) is 8.84. The average Bonchev–Trinajstić information content (AvgIpc) is 2.03. The lowest BCUT2D eigenvalue weighted by atomic mass is 9.98. The number of aliphatic hydroxyl groups excluding tert-OH is 1. The van der Waals surface area contributed by atoms with Gasteiger partial charge in [-0.15, -0.1) is 0 Å². The highest BCUT2D eigenvalue weighted by Gasteiger charge is 2.07. The molecule has 0 aliphatic rings. The van der Waals surface area contributed by atoms with Gasteiger partial charge >= 0.3 is 0 Å². The van der Waals surface area contributed by atoms with Crippen LogP contribution in [0, 0.1) is 5.92 Å². The van der Waals surface area contributed by atoms with Crippen molar-refractivity contribution in [3.8, 4) is 0 Å². The molecule has 0 rings (SSSR count). The number of aliphatic hydroxyl groups is 1. The van der Waals surface area contributed by atoms with E-state index in [0.29, 0.717) is 5.92 Å². The van der Waals surface area contributed by atoms with Gasteiger partial charge in [-0.25, -0.2) is 0 Å². The van der Waals surface area contributed by atoms with Crippen LogP contribution in [0.2, 0.25) is 0 Å². The molecule has 1 nitrogen and oxygen atoms in total. The third kappa shape index (κ3) is 6.66. The maximum absolute atomic E-state index is 9.22. The molecule has 12 heavy (non-hydrogen) atoms. The molecule has 0 fully saturated rings. The second kappa shape index (κ2) is 7.60. The van der Waals surface area contributed by atoms with Gasteiger partial charge in [-0.3, -0.25) is 0 Å². The van der Waals surface area contributed by atoms with Crippen LogP contribution in [0.3, 0.4) is 0 Å². The standard InChI is InChI=1S/C11H24O/c1-4-5-6-7-8-9-10(2)11(3)12/h10-12H,4-9H2,1-3H3. The zero-order chi connectivity index (χ0) is 9.40. The van der Waals surface area contributed by atoms with Gasteiger partial charge in [0, 0.05) is 0 Å². The molecule has 0 saturated heterocycles. The van der Waals surface area contributed by atoms with E-state index in [1.807, 2.05) is 6.92 Å². The minimum absolute atomic E-state index is 0.129. The lowest BCUT2D eigenvalue weighted by Gasteiger charge is -2.13. The van der Waals surface area contributed by atoms with Crippen LogP contribution in [0.4, 0.5) is 0 Å². The summed E-state index contributed by atoms with van der Waals surface area (Å²) in [5.74, 6) is 0.478. The van der Waals surface area contributed by atoms with Crippen molar-refractivity contribution in [1.82, 2.24) is 0 Å². The molecule has 1 heteroatoms. The maximum atomic E-state index is 9.22. The van der Waals surface area contributed by atoms with E-state index < -0.39 is 0 Å². The van der Waals surface area contributed by atoms with Crippen LogP contribution in [0.15, 0.2) is 0 Å². The predicted molar refractivity (Wildman–Crippen MR) is 54.2 cm³/mol. The molecular weight excluding hydrogens is 148 g/mol. The van der Waals surface area contributed by atoms with Crippen molar-refractivity contribution < 1.29 is 5.11 Å². The minimum Gasteiger partial charge on any atom is -0.393 e. The van der Waals surface area contributed by atoms with Gasteiger partial charge in [-0.05, 0) is 19.3 Å². The number of rotatable bonds is 7. The molecular formula is C11H24O. The van der Waals surface area contributed by atoms with E-state index in [1.165, 1.54) is 38.5 Å². The highest BCUT2D eigenvalue weighted by molar-refractivity contribution is 4.58. The van der Waals surface area contributed by atoms with Gasteiger partial charge in [0.25, 0.3) is 0 Å². The van der Waals surface area contributed by atoms with E-state index in [4.69, 9.17) is 0 Å². The number of hydrogen-bond acceptors (Lipinski definition) is 1. The summed E-state index contributed by atoms with van der Waals surface area (Å²) in [6.45, 7) is 6.25. The average molecular weight is 172 g/mol. The fourth-order valence-electron chi connectivity index (χ4n) is 1.31. The van der Waals surface area contributed by atoms with E-state index in [-0.39, 0.29) is 6.10 Å². The smallest absolute Gasteiger partial charge is 0.0537 e. The molecule has 0 spiro atoms. The van der Waals surface area contributed by atoms with E-state index in [1.54, 1.807) is 0 Å². The van der Waals surface area contributed by atoms with Crippen molar-refractivity contribution in [2.75, 3.05) is 0 Å². The molecule has 0 bridgehead atoms. The fraction of sp³-hybridized carbons (Fsp3) is 1.00. The maximum Gasteiger partial charge on any atom is 0.0537 e. The van der Waals surface area contributed by atoms with Crippen LogP contribution in [0.1, 0.15) is 59.3 Å². The monoisotopic (exact) mass is 172 g/mol. The van der Waals surface area contributed by atoms with Crippen molar-refractivity contribution in [2.45, 2.75) is 65.4 Å². The Morgan fingerprint density at radius 2 is 1.58 bits per heavy atom. The Morgan fingerprint density at radius 3 is 2.08 bits per heavy atom. The zero-order valence-electron chi connectivity index (χ0n) is 8.84. The Labute approximate surface area is 77.2 Å². The van der Waals surface area contributed by atoms with Gasteiger partial charge < -0.3 is 5.11 Å². The summed E-state index contributed by atoms with van der Waals surface area (Å²) in [5.41, 5.74) is 0. The van der Waals surface area contributed by atoms with Crippen molar-refractivity contribution in [1.29, 1.82) is 0 Å². The molecule has 0 saturated carbocycles. The van der Waals surface area contributed by atoms with E-state index >= 15 is 0 Å². The van der Waals surface area contributed by atoms with Crippen LogP contribution in [0.25, 0.3) is 0 Å². The van der Waals surface area contributed by atoms with Gasteiger partial charge in [-0.2, -0.15) is 0 Å². The summed E-state index contributed by atoms with van der Waals surface area (Å²) >= 11 is 0. The molecule has 0 aromatic carbocycles. The van der Waals surface area contributed by atoms with Gasteiger partial charge in [0.1, 0.15) is 0 Å². The number of hydrogen-bond donors (Lipinski definition) is 1. The van der Waals surface area contributed by atoms with Crippen molar-refractivity contribution >= 4 is 0 Å². The minimum atomic E-state index is -0.129. The second-order valence-electron chi connectivity index (χ2n) is 3.92. The SMILES string of the molecule is CCCCCCCC(C)C(C)O. The summed E-state index contributed by atoms with van der Waals surface area (Å²) in [6.07, 6.45) is 7.72. The Bertz CT molecular complexity index is 89.0. The van der Waals surface area contributed by atoms with Gasteiger partial charge in [0.05, 0.1) is 6.10 Å². The normalized spacial score (nSPS) is 16.0. The first-order valence-corrected chi connectivity index (χ1v) is 5.36. The summed E-state index contributed by atoms with van der Waals surface area (Å²) < 4.78 is 0. The molecule has 74 valence electrons. The number of unbranched alkanes of at least 4 members (excludes halogenated alkanes) is 4. The highest BCUT2D eigenvalue weighted by atomic mass is 16.3. The summed E-state index contributed by atoms with van der Waals surface area (Å²) in [6, 6.07) is 0. The lowest BCUT2D eigenvalue weighted by molar-refractivity contribution is 0.128. The first-order chi connectivity index (χ1) is 5.68. The molecule has 0 amide bonds. The van der Waals surface area contributed by atoms with Crippen molar-refractivity contribution in [3.63, 3.8) is 0 Å². The largest absolute Gasteiger partial charge is 0.393 e. The first kappa shape index (κ1) is 12.0. The molecule has 0 aliphatic carbocycles. The molecule has 0 aromatic rings. The lowest BCUT2D eigenvalue weighted by Crippen LogP contribution is -2.12. The van der Waals surface area contributed by atoms with Crippen LogP contribution < -0.4 is 0 Å². The summed E-state index contributed by atoms with van der Waals surface area (Å²) in [7, 11) is 0. The fourth-order valence-corrected chi connectivity index (χ4v) is 1.31. The van der Waals surface area contributed by atoms with E-state index in [0.717, 1.165) is 0 Å². The molecule has 2 atom stereocenters. The topological polar surface area (TPSA) is 20.2 Å². The quantitative estimate of drug-likeness (QED) is 0.584. The van der Waals surface area contributed by atoms with Gasteiger partial charge in [-0.1, -0.05) is 46.0 Å². The van der Waals surface area contributed by atoms with Gasteiger partial charge in [0.15, 0.2) is 0 Å². The van der Waals surface area contributed by atoms with Crippen LogP contribution in [-0.4, -0.2) is 11.2 Å². The Balaban J connectivity index is 3.08. The molecule has 0 aromatic heterocycles. The van der Waals surface area contributed by atoms with Crippen LogP contribution in [0.5, 0.6) is 0 Å². The summed E-state index contributed by atoms with van der Waals surface area (Å²) in [5, 5.41) is 9.22. The second-order valence-corrected chi connectivity index (χ2v) is 3.92. The summed E-state index contributed by atoms with van der Waals surface area (Å²) in [4.78, 5) is 0. The van der Waals surface area contributed by atoms with Crippen molar-refractivity contribution in [2.24, 2.45) is 5.92 Å². The van der Waals surface area contributed by atoms with Gasteiger partial charge in [0.2, 0.25) is 0 Å².